The minimum absolute atomic E-state index is 0.0112. The molecule has 1 fully saturated rings. The second-order valence-electron chi connectivity index (χ2n) is 10.8. The Morgan fingerprint density at radius 3 is 2.07 bits per heavy atom. The van der Waals surface area contributed by atoms with Gasteiger partial charge >= 0.3 is 0 Å². The molecule has 1 aliphatic heterocycles. The molecule has 4 aromatic rings. The second-order valence-corrected chi connectivity index (χ2v) is 10.8. The van der Waals surface area contributed by atoms with E-state index in [1.54, 1.807) is 6.07 Å². The summed E-state index contributed by atoms with van der Waals surface area (Å²) < 4.78 is 1.48. The van der Waals surface area contributed by atoms with Crippen molar-refractivity contribution >= 4 is 5.91 Å². The number of aromatic hydroxyl groups is 2. The van der Waals surface area contributed by atoms with Gasteiger partial charge in [-0.2, -0.15) is 0 Å². The van der Waals surface area contributed by atoms with Crippen LogP contribution in [-0.2, 0) is 13.1 Å². The number of nitrogens with zero attached hydrogens (tertiary/aromatic N) is 5. The lowest BCUT2D eigenvalue weighted by atomic mass is 10.0. The Morgan fingerprint density at radius 2 is 1.49 bits per heavy atom. The second kappa shape index (κ2) is 12.5. The van der Waals surface area contributed by atoms with E-state index < -0.39 is 0 Å². The van der Waals surface area contributed by atoms with Gasteiger partial charge in [-0.25, -0.2) is 4.68 Å². The highest BCUT2D eigenvalue weighted by Crippen LogP contribution is 2.36. The van der Waals surface area contributed by atoms with Gasteiger partial charge in [0.25, 0.3) is 5.91 Å². The minimum Gasteiger partial charge on any atom is -0.508 e. The molecule has 41 heavy (non-hydrogen) atoms. The van der Waals surface area contributed by atoms with E-state index in [1.807, 2.05) is 32.9 Å². The number of piperazine rings is 1. The largest absolute Gasteiger partial charge is 0.508 e. The predicted molar refractivity (Wildman–Crippen MR) is 159 cm³/mol. The third-order valence-electron chi connectivity index (χ3n) is 7.54. The van der Waals surface area contributed by atoms with E-state index in [-0.39, 0.29) is 29.0 Å². The molecule has 0 radical (unpaired) electrons. The van der Waals surface area contributed by atoms with Crippen LogP contribution in [0.25, 0.3) is 16.9 Å². The van der Waals surface area contributed by atoms with Crippen LogP contribution in [0.15, 0.2) is 66.7 Å². The molecule has 0 atom stereocenters. The Morgan fingerprint density at radius 1 is 0.878 bits per heavy atom. The highest BCUT2D eigenvalue weighted by molar-refractivity contribution is 5.98. The van der Waals surface area contributed by atoms with E-state index in [2.05, 4.69) is 67.9 Å². The minimum atomic E-state index is -0.339. The molecule has 0 unspecified atom stereocenters. The Bertz CT molecular complexity index is 1480. The van der Waals surface area contributed by atoms with Crippen LogP contribution in [0.2, 0.25) is 0 Å². The lowest BCUT2D eigenvalue weighted by Gasteiger charge is -2.34. The quantitative estimate of drug-likeness (QED) is 0.279. The van der Waals surface area contributed by atoms with Crippen molar-refractivity contribution in [3.8, 4) is 28.4 Å². The van der Waals surface area contributed by atoms with Gasteiger partial charge in [0.15, 0.2) is 5.69 Å². The first-order chi connectivity index (χ1) is 19.8. The fourth-order valence-corrected chi connectivity index (χ4v) is 5.29. The van der Waals surface area contributed by atoms with Crippen molar-refractivity contribution < 1.29 is 15.0 Å². The van der Waals surface area contributed by atoms with E-state index in [9.17, 15) is 15.0 Å². The first-order valence-electron chi connectivity index (χ1n) is 14.2. The number of hydrogen-bond donors (Lipinski definition) is 3. The van der Waals surface area contributed by atoms with E-state index >= 15 is 0 Å². The van der Waals surface area contributed by atoms with E-state index in [0.717, 1.165) is 44.8 Å². The maximum Gasteiger partial charge on any atom is 0.274 e. The number of carbonyl (C=O) groups excluding carboxylic acids is 1. The van der Waals surface area contributed by atoms with Crippen molar-refractivity contribution in [3.05, 3.63) is 89.1 Å². The maximum atomic E-state index is 12.9. The number of rotatable bonds is 9. The maximum absolute atomic E-state index is 12.9. The van der Waals surface area contributed by atoms with Gasteiger partial charge in [-0.1, -0.05) is 73.7 Å². The highest BCUT2D eigenvalue weighted by atomic mass is 16.3. The van der Waals surface area contributed by atoms with Gasteiger partial charge in [0.1, 0.15) is 22.9 Å². The van der Waals surface area contributed by atoms with E-state index in [1.165, 1.54) is 21.9 Å². The fourth-order valence-electron chi connectivity index (χ4n) is 5.29. The Hall–Kier alpha value is -4.21. The summed E-state index contributed by atoms with van der Waals surface area (Å²) in [5.74, 6) is -0.460. The molecule has 0 spiro atoms. The molecule has 2 heterocycles. The Kier molecular flexibility index (Phi) is 8.66. The number of hydrogen-bond acceptors (Lipinski definition) is 7. The number of benzene rings is 3. The Labute approximate surface area is 241 Å². The molecule has 1 amide bonds. The molecule has 0 bridgehead atoms. The number of phenolic OH excluding ortho intramolecular Hbond substituents is 2. The van der Waals surface area contributed by atoms with Crippen molar-refractivity contribution in [2.45, 2.75) is 39.8 Å². The molecular formula is C32H38N6O3. The van der Waals surface area contributed by atoms with Gasteiger partial charge in [0.2, 0.25) is 0 Å². The number of phenols is 2. The van der Waals surface area contributed by atoms with Gasteiger partial charge in [-0.15, -0.1) is 5.10 Å². The summed E-state index contributed by atoms with van der Waals surface area (Å²) in [6, 6.07) is 21.7. The fraction of sp³-hybridized carbons (Fsp3) is 0.344. The molecule has 214 valence electrons. The zero-order valence-corrected chi connectivity index (χ0v) is 23.9. The summed E-state index contributed by atoms with van der Waals surface area (Å²) >= 11 is 0. The van der Waals surface area contributed by atoms with Crippen molar-refractivity contribution in [1.82, 2.24) is 30.1 Å². The number of nitrogens with one attached hydrogen (secondary N) is 1. The van der Waals surface area contributed by atoms with Crippen molar-refractivity contribution in [3.63, 3.8) is 0 Å². The molecule has 0 saturated carbocycles. The molecule has 1 aromatic heterocycles. The van der Waals surface area contributed by atoms with Crippen LogP contribution in [0.3, 0.4) is 0 Å². The zero-order valence-electron chi connectivity index (χ0n) is 23.9. The summed E-state index contributed by atoms with van der Waals surface area (Å²) in [6.45, 7) is 12.1. The van der Waals surface area contributed by atoms with Crippen molar-refractivity contribution in [2.75, 3.05) is 32.7 Å². The predicted octanol–water partition coefficient (Wildman–Crippen LogP) is 4.54. The van der Waals surface area contributed by atoms with Crippen LogP contribution in [0.4, 0.5) is 0 Å². The first kappa shape index (κ1) is 28.3. The van der Waals surface area contributed by atoms with Crippen LogP contribution in [0, 0.1) is 0 Å². The standard InChI is InChI=1S/C32H38N6O3/c1-4-33-32(41)30-31(38(35-34-30)27-18-26(22(2)3)28(39)19-29(27)40)25-12-10-24(11-13-25)21-37-16-14-36(15-17-37)20-23-8-6-5-7-9-23/h5-13,18-19,22,39-40H,4,14-17,20-21H2,1-3H3,(H,33,41). The summed E-state index contributed by atoms with van der Waals surface area (Å²) in [6.07, 6.45) is 0. The molecule has 0 aliphatic carbocycles. The van der Waals surface area contributed by atoms with Crippen LogP contribution >= 0.6 is 0 Å². The SMILES string of the molecule is CCNC(=O)c1nnn(-c2cc(C(C)C)c(O)cc2O)c1-c1ccc(CN2CCN(Cc3ccccc3)CC2)cc1. The topological polar surface area (TPSA) is 107 Å². The molecule has 1 saturated heterocycles. The third kappa shape index (κ3) is 6.42. The van der Waals surface area contributed by atoms with Crippen molar-refractivity contribution in [2.24, 2.45) is 0 Å². The molecule has 9 heteroatoms. The summed E-state index contributed by atoms with van der Waals surface area (Å²) in [5, 5.41) is 32.4. The lowest BCUT2D eigenvalue weighted by molar-refractivity contribution is 0.0951. The monoisotopic (exact) mass is 554 g/mol. The highest BCUT2D eigenvalue weighted by Gasteiger charge is 2.25. The number of aromatic nitrogens is 3. The third-order valence-corrected chi connectivity index (χ3v) is 7.54. The van der Waals surface area contributed by atoms with Gasteiger partial charge in [-0.3, -0.25) is 14.6 Å². The molecular weight excluding hydrogens is 516 g/mol. The summed E-state index contributed by atoms with van der Waals surface area (Å²) in [5.41, 5.74) is 4.95. The molecule has 3 aromatic carbocycles. The van der Waals surface area contributed by atoms with Gasteiger partial charge in [-0.05, 0) is 35.6 Å². The normalized spacial score (nSPS) is 14.4. The van der Waals surface area contributed by atoms with Crippen LogP contribution in [0.5, 0.6) is 11.5 Å². The average Bonchev–Trinajstić information content (AvgIpc) is 3.40. The van der Waals surface area contributed by atoms with E-state index in [0.29, 0.717) is 23.5 Å². The van der Waals surface area contributed by atoms with Gasteiger partial charge in [0, 0.05) is 57.4 Å². The molecule has 3 N–H and O–H groups in total. The lowest BCUT2D eigenvalue weighted by Crippen LogP contribution is -2.45. The van der Waals surface area contributed by atoms with Gasteiger partial charge < -0.3 is 15.5 Å². The van der Waals surface area contributed by atoms with E-state index in [4.69, 9.17) is 0 Å². The van der Waals surface area contributed by atoms with Crippen LogP contribution in [0.1, 0.15) is 53.9 Å². The average molecular weight is 555 g/mol. The molecule has 5 rings (SSSR count). The van der Waals surface area contributed by atoms with Crippen LogP contribution < -0.4 is 5.32 Å². The summed E-state index contributed by atoms with van der Waals surface area (Å²) in [4.78, 5) is 17.9. The zero-order chi connectivity index (χ0) is 28.9. The smallest absolute Gasteiger partial charge is 0.274 e. The summed E-state index contributed by atoms with van der Waals surface area (Å²) in [7, 11) is 0. The Balaban J connectivity index is 1.36. The van der Waals surface area contributed by atoms with Crippen molar-refractivity contribution in [1.29, 1.82) is 0 Å². The molecule has 9 nitrogen and oxygen atoms in total. The molecule has 1 aliphatic rings. The van der Waals surface area contributed by atoms with Crippen LogP contribution in [-0.4, -0.2) is 73.6 Å². The first-order valence-corrected chi connectivity index (χ1v) is 14.2. The number of carbonyl (C=O) groups is 1. The van der Waals surface area contributed by atoms with Gasteiger partial charge in [0.05, 0.1) is 0 Å². The number of amides is 1.